The minimum absolute atomic E-state index is 1.14. The van der Waals surface area contributed by atoms with Crippen LogP contribution in [0.3, 0.4) is 0 Å². The van der Waals surface area contributed by atoms with Crippen LogP contribution in [0, 0.1) is 0 Å². The summed E-state index contributed by atoms with van der Waals surface area (Å²) in [5, 5.41) is 7.50. The lowest BCUT2D eigenvalue weighted by Gasteiger charge is -2.12. The molecule has 0 spiro atoms. The van der Waals surface area contributed by atoms with Crippen molar-refractivity contribution in [2.45, 2.75) is 0 Å². The third-order valence-electron chi connectivity index (χ3n) is 11.8. The molecule has 266 valence electrons. The Labute approximate surface area is 329 Å². The van der Waals surface area contributed by atoms with Gasteiger partial charge in [0.1, 0.15) is 0 Å². The van der Waals surface area contributed by atoms with Gasteiger partial charge in [0.2, 0.25) is 0 Å². The molecule has 0 atom stereocenters. The molecular weight excluding hydrogens is 691 g/mol. The Morgan fingerprint density at radius 2 is 0.526 bits per heavy atom. The Bertz CT molecular complexity index is 3490. The molecule has 57 heavy (non-hydrogen) atoms. The van der Waals surface area contributed by atoms with E-state index in [0.29, 0.717) is 0 Å². The lowest BCUT2D eigenvalue weighted by atomic mass is 10.0. The van der Waals surface area contributed by atoms with E-state index >= 15 is 0 Å². The third-order valence-corrected chi connectivity index (χ3v) is 11.8. The lowest BCUT2D eigenvalue weighted by Crippen LogP contribution is -1.97. The van der Waals surface area contributed by atoms with Gasteiger partial charge >= 0.3 is 0 Å². The fraction of sp³-hybridized carbons (Fsp3) is 0. The Morgan fingerprint density at radius 1 is 0.193 bits per heavy atom. The van der Waals surface area contributed by atoms with Gasteiger partial charge in [0.25, 0.3) is 0 Å². The number of hydrogen-bond donors (Lipinski definition) is 0. The monoisotopic (exact) mass is 725 g/mol. The minimum atomic E-state index is 1.14. The van der Waals surface area contributed by atoms with E-state index < -0.39 is 0 Å². The summed E-state index contributed by atoms with van der Waals surface area (Å²) in [6, 6.07) is 77.5. The van der Waals surface area contributed by atoms with Crippen LogP contribution in [0.15, 0.2) is 212 Å². The highest BCUT2D eigenvalue weighted by Gasteiger charge is 2.18. The van der Waals surface area contributed by atoms with Crippen LogP contribution in [0.25, 0.3) is 105 Å². The molecule has 0 saturated carbocycles. The summed E-state index contributed by atoms with van der Waals surface area (Å²) < 4.78 is 7.26. The number of benzene rings is 9. The van der Waals surface area contributed by atoms with Gasteiger partial charge in [-0.2, -0.15) is 0 Å². The lowest BCUT2D eigenvalue weighted by molar-refractivity contribution is 1.15. The van der Waals surface area contributed by atoms with Crippen molar-refractivity contribution < 1.29 is 0 Å². The first kappa shape index (κ1) is 31.7. The van der Waals surface area contributed by atoms with E-state index in [4.69, 9.17) is 0 Å². The number of nitrogens with zero attached hydrogens (tertiary/aromatic N) is 3. The summed E-state index contributed by atoms with van der Waals surface area (Å²) in [7, 11) is 0. The second kappa shape index (κ2) is 12.5. The molecule has 9 aromatic carbocycles. The third kappa shape index (κ3) is 4.86. The molecule has 3 aromatic heterocycles. The van der Waals surface area contributed by atoms with Crippen molar-refractivity contribution in [1.82, 2.24) is 13.7 Å². The molecule has 0 bridgehead atoms. The molecule has 3 nitrogen and oxygen atoms in total. The van der Waals surface area contributed by atoms with Gasteiger partial charge in [-0.05, 0) is 89.0 Å². The molecule has 0 unspecified atom stereocenters. The Morgan fingerprint density at radius 3 is 1.05 bits per heavy atom. The van der Waals surface area contributed by atoms with Gasteiger partial charge in [-0.1, -0.05) is 146 Å². The summed E-state index contributed by atoms with van der Waals surface area (Å²) in [5.41, 5.74) is 15.4. The van der Waals surface area contributed by atoms with E-state index in [1.165, 1.54) is 87.7 Å². The molecule has 0 radical (unpaired) electrons. The predicted molar refractivity (Wildman–Crippen MR) is 240 cm³/mol. The molecule has 0 N–H and O–H groups in total. The van der Waals surface area contributed by atoms with E-state index in [0.717, 1.165) is 17.1 Å². The number of rotatable bonds is 5. The molecule has 0 amide bonds. The van der Waals surface area contributed by atoms with Crippen LogP contribution in [-0.4, -0.2) is 13.7 Å². The zero-order chi connectivity index (χ0) is 37.5. The summed E-state index contributed by atoms with van der Waals surface area (Å²) in [4.78, 5) is 0. The van der Waals surface area contributed by atoms with Gasteiger partial charge in [-0.25, -0.2) is 0 Å². The number of para-hydroxylation sites is 4. The van der Waals surface area contributed by atoms with Gasteiger partial charge in [0.15, 0.2) is 0 Å². The van der Waals surface area contributed by atoms with Gasteiger partial charge < -0.3 is 13.7 Å². The number of aromatic nitrogens is 3. The average Bonchev–Trinajstić information content (AvgIpc) is 3.92. The van der Waals surface area contributed by atoms with E-state index in [9.17, 15) is 0 Å². The second-order valence-electron chi connectivity index (χ2n) is 15.0. The maximum Gasteiger partial charge on any atom is 0.0561 e. The van der Waals surface area contributed by atoms with Crippen molar-refractivity contribution in [2.24, 2.45) is 0 Å². The highest BCUT2D eigenvalue weighted by Crippen LogP contribution is 2.40. The molecule has 3 heteroatoms. The molecule has 0 aliphatic heterocycles. The molecule has 0 fully saturated rings. The number of hydrogen-bond acceptors (Lipinski definition) is 0. The maximum atomic E-state index is 2.45. The average molecular weight is 726 g/mol. The van der Waals surface area contributed by atoms with Crippen LogP contribution in [0.5, 0.6) is 0 Å². The van der Waals surface area contributed by atoms with Crippen LogP contribution >= 0.6 is 0 Å². The molecule has 0 saturated heterocycles. The van der Waals surface area contributed by atoms with Crippen molar-refractivity contribution in [3.63, 3.8) is 0 Å². The largest absolute Gasteiger partial charge is 0.309 e. The molecule has 0 aliphatic rings. The highest BCUT2D eigenvalue weighted by atomic mass is 15.0. The van der Waals surface area contributed by atoms with Crippen molar-refractivity contribution >= 4 is 65.4 Å². The smallest absolute Gasteiger partial charge is 0.0561 e. The summed E-state index contributed by atoms with van der Waals surface area (Å²) in [5.74, 6) is 0. The fourth-order valence-electron chi connectivity index (χ4n) is 9.24. The molecule has 12 rings (SSSR count). The first-order chi connectivity index (χ1) is 28.3. The van der Waals surface area contributed by atoms with Crippen molar-refractivity contribution in [3.8, 4) is 39.3 Å². The zero-order valence-corrected chi connectivity index (χ0v) is 31.0. The Hall–Kier alpha value is -7.62. The molecule has 0 aliphatic carbocycles. The van der Waals surface area contributed by atoms with Crippen LogP contribution in [0.4, 0.5) is 0 Å². The van der Waals surface area contributed by atoms with E-state index in [-0.39, 0.29) is 0 Å². The first-order valence-corrected chi connectivity index (χ1v) is 19.6. The van der Waals surface area contributed by atoms with Crippen molar-refractivity contribution in [1.29, 1.82) is 0 Å². The van der Waals surface area contributed by atoms with E-state index in [1.807, 2.05) is 0 Å². The van der Waals surface area contributed by atoms with Crippen molar-refractivity contribution in [2.75, 3.05) is 0 Å². The van der Waals surface area contributed by atoms with Crippen LogP contribution in [0.2, 0.25) is 0 Å². The Balaban J connectivity index is 1.05. The van der Waals surface area contributed by atoms with Crippen LogP contribution in [-0.2, 0) is 0 Å². The van der Waals surface area contributed by atoms with E-state index in [1.54, 1.807) is 0 Å². The SMILES string of the molecule is c1ccc(-c2ccc(-n3c4ccccc4c4ccc(-c5ccc6c7ccccc7n(-c7ccc8c9ccccc9n(-c9ccccc9)c8c7)c6c5)cc43)cc2)cc1. The Kier molecular flexibility index (Phi) is 6.93. The second-order valence-corrected chi connectivity index (χ2v) is 15.0. The van der Waals surface area contributed by atoms with Gasteiger partial charge in [0.05, 0.1) is 33.1 Å². The standard InChI is InChI=1S/C54H35N3/c1-3-13-36(14-4-1)37-23-27-41(28-24-37)56-50-21-11-7-17-43(50)46-30-25-38(33-52(46)56)39-26-31-47-44-18-9-12-22-51(44)57(53(47)34-39)42-29-32-48-45-19-8-10-20-49(45)55(54(48)35-42)40-15-5-2-6-16-40/h1-35H. The first-order valence-electron chi connectivity index (χ1n) is 19.6. The molecular formula is C54H35N3. The summed E-state index contributed by atoms with van der Waals surface area (Å²) >= 11 is 0. The van der Waals surface area contributed by atoms with Gasteiger partial charge in [-0.3, -0.25) is 0 Å². The normalized spacial score (nSPS) is 11.9. The van der Waals surface area contributed by atoms with Gasteiger partial charge in [-0.15, -0.1) is 0 Å². The van der Waals surface area contributed by atoms with Crippen LogP contribution in [0.1, 0.15) is 0 Å². The van der Waals surface area contributed by atoms with E-state index in [2.05, 4.69) is 226 Å². The summed E-state index contributed by atoms with van der Waals surface area (Å²) in [6.07, 6.45) is 0. The summed E-state index contributed by atoms with van der Waals surface area (Å²) in [6.45, 7) is 0. The number of fused-ring (bicyclic) bond motifs is 9. The fourth-order valence-corrected chi connectivity index (χ4v) is 9.24. The quantitative estimate of drug-likeness (QED) is 0.168. The van der Waals surface area contributed by atoms with Crippen molar-refractivity contribution in [3.05, 3.63) is 212 Å². The molecule has 12 aromatic rings. The minimum Gasteiger partial charge on any atom is -0.309 e. The topological polar surface area (TPSA) is 14.8 Å². The van der Waals surface area contributed by atoms with Gasteiger partial charge in [0, 0.05) is 49.4 Å². The highest BCUT2D eigenvalue weighted by molar-refractivity contribution is 6.13. The predicted octanol–water partition coefficient (Wildman–Crippen LogP) is 14.3. The zero-order valence-electron chi connectivity index (χ0n) is 31.0. The maximum absolute atomic E-state index is 2.45. The molecule has 3 heterocycles. The van der Waals surface area contributed by atoms with Crippen LogP contribution < -0.4 is 0 Å².